The largest absolute Gasteiger partial charge is 0.379 e. The van der Waals surface area contributed by atoms with E-state index < -0.39 is 47.1 Å². The monoisotopic (exact) mass is 890 g/mol. The fraction of sp³-hybridized carbons (Fsp3) is 0.689. The van der Waals surface area contributed by atoms with E-state index >= 15 is 0 Å². The van der Waals surface area contributed by atoms with Gasteiger partial charge in [-0.3, -0.25) is 28.9 Å². The molecule has 1 unspecified atom stereocenters. The normalized spacial score (nSPS) is 21.0. The molecule has 16 heteroatoms. The van der Waals surface area contributed by atoms with E-state index in [0.717, 1.165) is 18.4 Å². The van der Waals surface area contributed by atoms with Gasteiger partial charge in [0.2, 0.25) is 23.6 Å². The maximum atomic E-state index is 14.4. The van der Waals surface area contributed by atoms with Gasteiger partial charge < -0.3 is 35.2 Å². The lowest BCUT2D eigenvalue weighted by atomic mass is 9.89. The van der Waals surface area contributed by atoms with Crippen molar-refractivity contribution in [2.45, 2.75) is 117 Å². The fourth-order valence-electron chi connectivity index (χ4n) is 8.68. The molecule has 3 rings (SSSR count). The maximum absolute atomic E-state index is 14.4. The van der Waals surface area contributed by atoms with Gasteiger partial charge in [-0.2, -0.15) is 23.5 Å². The second-order valence-electron chi connectivity index (χ2n) is 17.4. The Kier molecular flexibility index (Phi) is 21.3. The quantitative estimate of drug-likeness (QED) is 0.0955. The number of hydrogen-bond donors (Lipinski definition) is 5. The molecular formula is C45H75N7O7S2. The van der Waals surface area contributed by atoms with E-state index in [-0.39, 0.29) is 65.8 Å². The van der Waals surface area contributed by atoms with Crippen LogP contribution in [-0.4, -0.2) is 146 Å². The van der Waals surface area contributed by atoms with Crippen LogP contribution >= 0.6 is 23.5 Å². The number of nitrogens with one attached hydrogen (secondary N) is 3. The molecule has 344 valence electrons. The highest BCUT2D eigenvalue weighted by molar-refractivity contribution is 8.31. The highest BCUT2D eigenvalue weighted by Gasteiger charge is 2.43. The highest BCUT2D eigenvalue weighted by atomic mass is 32.2. The van der Waals surface area contributed by atoms with Gasteiger partial charge in [0.15, 0.2) is 0 Å². The number of rotatable bonds is 24. The maximum Gasteiger partial charge on any atom is 0.270 e. The standard InChI is InChI=1S/C45H75N7O7S2/c1-13-30(6)40(51(10)45(57)38(28(2)3)49-44(56)39(29(4)5)50(8)9)36(58-11)24-37(53)52-22-17-20-35(52)41(59-12)31(7)42(54)48-33(32-18-15-14-16-19-32)25-61-26-34(47-27-61)43(55)46-21-23-60/h14-16,18-19,26-31,33,35-36,38-41,60-61H,13,17,20-25H2,1-12H3,(H,46,55)(H,48,54)(H,49,56)/t30-,31-,33+,35-,36+,38-,39-,40-,41+/m0/s1. The Morgan fingerprint density at radius 1 is 0.951 bits per heavy atom. The van der Waals surface area contributed by atoms with Gasteiger partial charge in [-0.25, -0.2) is 4.99 Å². The lowest BCUT2D eigenvalue weighted by Crippen LogP contribution is -2.59. The number of likely N-dealkylation sites (N-methyl/N-ethyl adjacent to an activating group) is 2. The van der Waals surface area contributed by atoms with Crippen LogP contribution in [0.2, 0.25) is 0 Å². The van der Waals surface area contributed by atoms with Gasteiger partial charge in [0.05, 0.1) is 48.7 Å². The van der Waals surface area contributed by atoms with Gasteiger partial charge in [0.25, 0.3) is 5.91 Å². The van der Waals surface area contributed by atoms with E-state index in [0.29, 0.717) is 36.7 Å². The number of carbonyl (C=O) groups is 5. The van der Waals surface area contributed by atoms with Crippen LogP contribution in [0.5, 0.6) is 0 Å². The number of amides is 5. The van der Waals surface area contributed by atoms with Crippen molar-refractivity contribution >= 4 is 58.6 Å². The van der Waals surface area contributed by atoms with Crippen LogP contribution in [-0.2, 0) is 33.4 Å². The first kappa shape index (κ1) is 51.9. The zero-order valence-electron chi connectivity index (χ0n) is 38.6. The van der Waals surface area contributed by atoms with Crippen LogP contribution in [0, 0.1) is 23.7 Å². The van der Waals surface area contributed by atoms with E-state index in [1.165, 1.54) is 0 Å². The van der Waals surface area contributed by atoms with Crippen molar-refractivity contribution in [3.8, 4) is 0 Å². The third-order valence-corrected chi connectivity index (χ3v) is 14.1. The summed E-state index contributed by atoms with van der Waals surface area (Å²) in [4.78, 5) is 78.7. The number of thiol groups is 2. The van der Waals surface area contributed by atoms with Crippen LogP contribution in [0.4, 0.5) is 0 Å². The van der Waals surface area contributed by atoms with E-state index in [4.69, 9.17) is 9.47 Å². The molecule has 0 aromatic heterocycles. The van der Waals surface area contributed by atoms with Crippen molar-refractivity contribution in [3.05, 3.63) is 47.0 Å². The molecule has 0 radical (unpaired) electrons. The molecule has 61 heavy (non-hydrogen) atoms. The predicted octanol–water partition coefficient (Wildman–Crippen LogP) is 4.42. The smallest absolute Gasteiger partial charge is 0.270 e. The molecule has 14 nitrogen and oxygen atoms in total. The van der Waals surface area contributed by atoms with Crippen LogP contribution < -0.4 is 16.0 Å². The third-order valence-electron chi connectivity index (χ3n) is 12.1. The first-order valence-corrected chi connectivity index (χ1v) is 24.1. The molecule has 0 spiro atoms. The fourth-order valence-corrected chi connectivity index (χ4v) is 10.6. The molecule has 1 fully saturated rings. The molecule has 3 N–H and O–H groups in total. The Balaban J connectivity index is 1.79. The Hall–Kier alpha value is -3.44. The van der Waals surface area contributed by atoms with Crippen molar-refractivity contribution in [2.75, 3.05) is 60.0 Å². The zero-order valence-corrected chi connectivity index (χ0v) is 40.4. The summed E-state index contributed by atoms with van der Waals surface area (Å²) in [5, 5.41) is 11.0. The topological polar surface area (TPSA) is 162 Å². The minimum absolute atomic E-state index is 0.0226. The van der Waals surface area contributed by atoms with Gasteiger partial charge in [0, 0.05) is 51.4 Å². The molecule has 10 atom stereocenters. The summed E-state index contributed by atoms with van der Waals surface area (Å²) in [6.07, 6.45) is 0.949. The van der Waals surface area contributed by atoms with Gasteiger partial charge in [-0.15, -0.1) is 0 Å². The predicted molar refractivity (Wildman–Crippen MR) is 250 cm³/mol. The minimum Gasteiger partial charge on any atom is -0.379 e. The molecule has 1 saturated heterocycles. The van der Waals surface area contributed by atoms with Crippen molar-refractivity contribution in [2.24, 2.45) is 28.7 Å². The molecule has 2 aliphatic heterocycles. The number of nitrogens with zero attached hydrogens (tertiary/aromatic N) is 4. The lowest BCUT2D eigenvalue weighted by molar-refractivity contribution is -0.148. The van der Waals surface area contributed by atoms with E-state index in [2.05, 4.69) is 40.5 Å². The second-order valence-corrected chi connectivity index (χ2v) is 19.7. The highest BCUT2D eigenvalue weighted by Crippen LogP contribution is 2.36. The molecular weight excluding hydrogens is 815 g/mol. The molecule has 5 amide bonds. The van der Waals surface area contributed by atoms with Crippen molar-refractivity contribution in [1.82, 2.24) is 30.7 Å². The molecule has 0 bridgehead atoms. The first-order chi connectivity index (χ1) is 28.9. The molecule has 2 aliphatic rings. The summed E-state index contributed by atoms with van der Waals surface area (Å²) in [6.45, 7) is 14.7. The number of ether oxygens (including phenoxy) is 2. The van der Waals surface area contributed by atoms with Gasteiger partial charge >= 0.3 is 0 Å². The van der Waals surface area contributed by atoms with Crippen molar-refractivity contribution in [1.29, 1.82) is 0 Å². The lowest BCUT2D eigenvalue weighted by Gasteiger charge is -2.41. The van der Waals surface area contributed by atoms with Crippen LogP contribution in [0.1, 0.15) is 85.8 Å². The number of benzene rings is 1. The first-order valence-electron chi connectivity index (χ1n) is 21.8. The second kappa shape index (κ2) is 25.0. The number of methoxy groups -OCH3 is 2. The summed E-state index contributed by atoms with van der Waals surface area (Å²) < 4.78 is 12.1. The third kappa shape index (κ3) is 14.0. The van der Waals surface area contributed by atoms with E-state index in [1.807, 2.05) is 101 Å². The molecule has 2 heterocycles. The van der Waals surface area contributed by atoms with Crippen LogP contribution in [0.15, 0.2) is 46.4 Å². The summed E-state index contributed by atoms with van der Waals surface area (Å²) >= 11 is 4.17. The average Bonchev–Trinajstić information content (AvgIpc) is 3.91. The number of aliphatic imine (C=N–C) groups is 1. The summed E-state index contributed by atoms with van der Waals surface area (Å²) in [6, 6.07) is 7.40. The van der Waals surface area contributed by atoms with Crippen molar-refractivity contribution < 1.29 is 33.4 Å². The summed E-state index contributed by atoms with van der Waals surface area (Å²) in [5.74, 6) is -0.717. The average molecular weight is 890 g/mol. The van der Waals surface area contributed by atoms with E-state index in [1.54, 1.807) is 31.7 Å². The Bertz CT molecular complexity index is 1650. The number of hydrogen-bond acceptors (Lipinski definition) is 10. The zero-order chi connectivity index (χ0) is 45.6. The number of carbonyl (C=O) groups excluding carboxylic acids is 5. The molecule has 0 aliphatic carbocycles. The molecule has 1 aromatic carbocycles. The van der Waals surface area contributed by atoms with Crippen LogP contribution in [0.25, 0.3) is 0 Å². The Labute approximate surface area is 373 Å². The Morgan fingerprint density at radius 3 is 2.18 bits per heavy atom. The SMILES string of the molecule is CC[C@H](C)[C@@H]([C@@H](CC(=O)N1CCC[C@H]1[C@H](OC)[C@H](C)C(=O)N[C@H](C[SH]1C=NC(C(=O)NCCS)=C1)c1ccccc1)OC)N(C)C(=O)[C@@H](NC(=O)[C@H](C(C)C)N(C)C)C(C)C. The van der Waals surface area contributed by atoms with Crippen molar-refractivity contribution in [3.63, 3.8) is 0 Å². The molecule has 1 aromatic rings. The van der Waals surface area contributed by atoms with Gasteiger partial charge in [-0.05, 0) is 55.7 Å². The summed E-state index contributed by atoms with van der Waals surface area (Å²) in [7, 11) is 7.68. The summed E-state index contributed by atoms with van der Waals surface area (Å²) in [5.41, 5.74) is 3.11. The Morgan fingerprint density at radius 2 is 1.62 bits per heavy atom. The van der Waals surface area contributed by atoms with Crippen LogP contribution in [0.3, 0.4) is 0 Å². The van der Waals surface area contributed by atoms with E-state index in [9.17, 15) is 24.0 Å². The minimum atomic E-state index is -0.927. The number of likely N-dealkylation sites (tertiary alicyclic amines) is 1. The van der Waals surface area contributed by atoms with Gasteiger partial charge in [-0.1, -0.05) is 85.2 Å². The van der Waals surface area contributed by atoms with Gasteiger partial charge in [0.1, 0.15) is 11.7 Å². The molecule has 0 saturated carbocycles.